The van der Waals surface area contributed by atoms with E-state index < -0.39 is 0 Å². The van der Waals surface area contributed by atoms with Crippen molar-refractivity contribution in [2.75, 3.05) is 4.90 Å². The van der Waals surface area contributed by atoms with Crippen LogP contribution in [-0.4, -0.2) is 10.5 Å². The Kier molecular flexibility index (Phi) is 5.27. The van der Waals surface area contributed by atoms with Crippen molar-refractivity contribution in [3.63, 3.8) is 0 Å². The summed E-state index contributed by atoms with van der Waals surface area (Å²) >= 11 is 3.48. The van der Waals surface area contributed by atoms with Crippen molar-refractivity contribution in [2.45, 2.75) is 19.3 Å². The summed E-state index contributed by atoms with van der Waals surface area (Å²) in [5.74, 6) is -0.332. The minimum atomic E-state index is -0.311. The number of aromatic nitrogens is 1. The molecule has 0 saturated heterocycles. The third-order valence-electron chi connectivity index (χ3n) is 5.93. The molecule has 0 aliphatic carbocycles. The zero-order valence-corrected chi connectivity index (χ0v) is 19.1. The highest BCUT2D eigenvalue weighted by atomic mass is 79.9. The predicted octanol–water partition coefficient (Wildman–Crippen LogP) is 6.11. The van der Waals surface area contributed by atoms with E-state index >= 15 is 0 Å². The molecule has 1 aliphatic rings. The highest BCUT2D eigenvalue weighted by molar-refractivity contribution is 9.10. The summed E-state index contributed by atoms with van der Waals surface area (Å²) in [4.78, 5) is 29.1. The summed E-state index contributed by atoms with van der Waals surface area (Å²) in [5.41, 5.74) is 4.54. The number of hydrogen-bond acceptors (Lipinski definition) is 2. The number of anilines is 2. The number of rotatable bonds is 3. The monoisotopic (exact) mass is 484 g/mol. The fraction of sp³-hybridized carbons (Fsp3) is 0.111. The van der Waals surface area contributed by atoms with Crippen LogP contribution in [0.3, 0.4) is 0 Å². The molecule has 0 radical (unpaired) electrons. The van der Waals surface area contributed by atoms with E-state index in [4.69, 9.17) is 0 Å². The summed E-state index contributed by atoms with van der Waals surface area (Å²) in [7, 11) is 0. The zero-order valence-electron chi connectivity index (χ0n) is 17.5. The van der Waals surface area contributed by atoms with Crippen molar-refractivity contribution >= 4 is 33.2 Å². The van der Waals surface area contributed by atoms with Crippen LogP contribution in [-0.2, 0) is 4.79 Å². The number of aryl methyl sites for hydroxylation is 1. The van der Waals surface area contributed by atoms with Crippen LogP contribution in [0.15, 0.2) is 100 Å². The van der Waals surface area contributed by atoms with Gasteiger partial charge in [0.15, 0.2) is 0 Å². The second-order valence-corrected chi connectivity index (χ2v) is 8.85. The molecule has 4 aromatic rings. The maximum Gasteiger partial charge on any atom is 0.261 e. The van der Waals surface area contributed by atoms with Gasteiger partial charge in [-0.15, -0.1) is 0 Å². The van der Waals surface area contributed by atoms with E-state index in [9.17, 15) is 9.59 Å². The van der Waals surface area contributed by atoms with Crippen molar-refractivity contribution in [2.24, 2.45) is 0 Å². The molecule has 158 valence electrons. The van der Waals surface area contributed by atoms with E-state index in [1.807, 2.05) is 97.9 Å². The SMILES string of the molecule is Cc1cc2c(c(=O)n1-c1ccccc1)C(c1ccc(Br)cc1)CC(=O)N2c1ccccc1. The number of carbonyl (C=O) groups excluding carboxylic acids is 1. The normalized spacial score (nSPS) is 15.5. The van der Waals surface area contributed by atoms with Gasteiger partial charge in [-0.3, -0.25) is 19.1 Å². The number of nitrogens with zero attached hydrogens (tertiary/aromatic N) is 2. The van der Waals surface area contributed by atoms with Gasteiger partial charge in [-0.2, -0.15) is 0 Å². The van der Waals surface area contributed by atoms with Gasteiger partial charge in [0.2, 0.25) is 5.91 Å². The van der Waals surface area contributed by atoms with Gasteiger partial charge >= 0.3 is 0 Å². The van der Waals surface area contributed by atoms with E-state index in [0.29, 0.717) is 11.3 Å². The molecule has 32 heavy (non-hydrogen) atoms. The molecule has 1 aromatic heterocycles. The molecular weight excluding hydrogens is 464 g/mol. The summed E-state index contributed by atoms with van der Waals surface area (Å²) in [5, 5.41) is 0. The molecular formula is C27H21BrN2O2. The number of carbonyl (C=O) groups is 1. The van der Waals surface area contributed by atoms with Crippen LogP contribution in [0.1, 0.15) is 29.2 Å². The number of hydrogen-bond donors (Lipinski definition) is 0. The van der Waals surface area contributed by atoms with Gasteiger partial charge < -0.3 is 0 Å². The Balaban J connectivity index is 1.79. The second-order valence-electron chi connectivity index (χ2n) is 7.93. The molecule has 4 nitrogen and oxygen atoms in total. The molecule has 1 amide bonds. The molecule has 0 bridgehead atoms. The molecule has 1 unspecified atom stereocenters. The molecule has 5 rings (SSSR count). The molecule has 3 aromatic carbocycles. The van der Waals surface area contributed by atoms with Gasteiger partial charge in [-0.05, 0) is 55.0 Å². The first kappa shape index (κ1) is 20.5. The molecule has 0 N–H and O–H groups in total. The van der Waals surface area contributed by atoms with Gasteiger partial charge in [0.25, 0.3) is 5.56 Å². The Labute approximate surface area is 194 Å². The maximum atomic E-state index is 14.0. The lowest BCUT2D eigenvalue weighted by molar-refractivity contribution is -0.118. The first-order valence-corrected chi connectivity index (χ1v) is 11.3. The van der Waals surface area contributed by atoms with Gasteiger partial charge in [0.05, 0.1) is 11.3 Å². The summed E-state index contributed by atoms with van der Waals surface area (Å²) in [6.45, 7) is 1.91. The van der Waals surface area contributed by atoms with Crippen molar-refractivity contribution in [3.05, 3.63) is 123 Å². The molecule has 5 heteroatoms. The number of halogens is 1. The van der Waals surface area contributed by atoms with Gasteiger partial charge in [-0.1, -0.05) is 64.5 Å². The minimum Gasteiger partial charge on any atom is -0.281 e. The lowest BCUT2D eigenvalue weighted by Crippen LogP contribution is -2.39. The standard InChI is InChI=1S/C27H21BrN2O2/c1-18-16-24-26(27(32)29(18)21-8-4-2-5-9-21)23(19-12-14-20(28)15-13-19)17-25(31)30(24)22-10-6-3-7-11-22/h2-16,23H,17H2,1H3. The van der Waals surface area contributed by atoms with Crippen LogP contribution in [0.5, 0.6) is 0 Å². The highest BCUT2D eigenvalue weighted by Gasteiger charge is 2.36. The predicted molar refractivity (Wildman–Crippen MR) is 131 cm³/mol. The van der Waals surface area contributed by atoms with Crippen LogP contribution < -0.4 is 10.5 Å². The summed E-state index contributed by atoms with van der Waals surface area (Å²) < 4.78 is 2.70. The van der Waals surface area contributed by atoms with E-state index in [-0.39, 0.29) is 23.8 Å². The molecule has 2 heterocycles. The van der Waals surface area contributed by atoms with Crippen LogP contribution in [0.2, 0.25) is 0 Å². The van der Waals surface area contributed by atoms with Crippen LogP contribution in [0, 0.1) is 6.92 Å². The Bertz CT molecular complexity index is 1350. The van der Waals surface area contributed by atoms with Crippen LogP contribution in [0.4, 0.5) is 11.4 Å². The first-order chi connectivity index (χ1) is 15.5. The van der Waals surface area contributed by atoms with E-state index in [2.05, 4.69) is 15.9 Å². The Morgan fingerprint density at radius 1 is 0.812 bits per heavy atom. The third-order valence-corrected chi connectivity index (χ3v) is 6.46. The number of para-hydroxylation sites is 2. The molecule has 0 saturated carbocycles. The molecule has 0 spiro atoms. The van der Waals surface area contributed by atoms with E-state index in [0.717, 1.165) is 27.1 Å². The van der Waals surface area contributed by atoms with E-state index in [1.165, 1.54) is 0 Å². The summed E-state index contributed by atoms with van der Waals surface area (Å²) in [6.07, 6.45) is 0.233. The number of fused-ring (bicyclic) bond motifs is 1. The Hall–Kier alpha value is -3.44. The Morgan fingerprint density at radius 2 is 1.41 bits per heavy atom. The fourth-order valence-corrected chi connectivity index (χ4v) is 4.75. The van der Waals surface area contributed by atoms with Crippen molar-refractivity contribution < 1.29 is 4.79 Å². The fourth-order valence-electron chi connectivity index (χ4n) is 4.48. The smallest absolute Gasteiger partial charge is 0.261 e. The van der Waals surface area contributed by atoms with Gasteiger partial charge in [-0.25, -0.2) is 0 Å². The van der Waals surface area contributed by atoms with E-state index in [1.54, 1.807) is 9.47 Å². The molecule has 1 atom stereocenters. The maximum absolute atomic E-state index is 14.0. The zero-order chi connectivity index (χ0) is 22.2. The number of amides is 1. The van der Waals surface area contributed by atoms with Gasteiger partial charge in [0.1, 0.15) is 0 Å². The topological polar surface area (TPSA) is 42.3 Å². The second kappa shape index (κ2) is 8.24. The average molecular weight is 485 g/mol. The Morgan fingerprint density at radius 3 is 2.03 bits per heavy atom. The van der Waals surface area contributed by atoms with Crippen molar-refractivity contribution in [3.8, 4) is 5.69 Å². The minimum absolute atomic E-state index is 0.0205. The van der Waals surface area contributed by atoms with Crippen LogP contribution in [0.25, 0.3) is 5.69 Å². The quantitative estimate of drug-likeness (QED) is 0.352. The number of pyridine rings is 1. The number of benzene rings is 3. The van der Waals surface area contributed by atoms with Crippen LogP contribution >= 0.6 is 15.9 Å². The summed E-state index contributed by atoms with van der Waals surface area (Å²) in [6, 6.07) is 29.0. The first-order valence-electron chi connectivity index (χ1n) is 10.5. The lowest BCUT2D eigenvalue weighted by Gasteiger charge is -2.35. The van der Waals surface area contributed by atoms with Crippen molar-refractivity contribution in [1.29, 1.82) is 0 Å². The highest BCUT2D eigenvalue weighted by Crippen LogP contribution is 2.42. The largest absolute Gasteiger partial charge is 0.281 e. The van der Waals surface area contributed by atoms with Gasteiger partial charge in [0, 0.05) is 33.9 Å². The molecule has 1 aliphatic heterocycles. The average Bonchev–Trinajstić information content (AvgIpc) is 2.80. The lowest BCUT2D eigenvalue weighted by atomic mass is 9.84. The molecule has 0 fully saturated rings. The van der Waals surface area contributed by atoms with Crippen molar-refractivity contribution in [1.82, 2.24) is 4.57 Å². The third kappa shape index (κ3) is 3.49.